The van der Waals surface area contributed by atoms with Crippen molar-refractivity contribution in [2.45, 2.75) is 42.8 Å². The highest BCUT2D eigenvalue weighted by Crippen LogP contribution is 2.48. The largest absolute Gasteiger partial charge is 0.321 e. The van der Waals surface area contributed by atoms with Gasteiger partial charge >= 0.3 is 0 Å². The second-order valence-electron chi connectivity index (χ2n) is 6.83. The van der Waals surface area contributed by atoms with Gasteiger partial charge in [0.05, 0.1) is 0 Å². The Morgan fingerprint density at radius 3 is 2.52 bits per heavy atom. The fraction of sp³-hybridized carbons (Fsp3) is 0.588. The summed E-state index contributed by atoms with van der Waals surface area (Å²) in [5, 5.41) is 3.61. The second kappa shape index (κ2) is 4.75. The normalized spacial score (nSPS) is 32.8. The van der Waals surface area contributed by atoms with Gasteiger partial charge in [0, 0.05) is 11.4 Å². The minimum Gasteiger partial charge on any atom is -0.321 e. The summed E-state index contributed by atoms with van der Waals surface area (Å²) in [4.78, 5) is 16.1. The van der Waals surface area contributed by atoms with E-state index >= 15 is 0 Å². The van der Waals surface area contributed by atoms with E-state index in [1.54, 1.807) is 11.8 Å². The summed E-state index contributed by atoms with van der Waals surface area (Å²) < 4.78 is 0. The summed E-state index contributed by atoms with van der Waals surface area (Å²) in [5.41, 5.74) is 0.999. The Labute approximate surface area is 130 Å². The van der Waals surface area contributed by atoms with Crippen molar-refractivity contribution in [3.63, 3.8) is 0 Å². The minimum atomic E-state index is -0.221. The van der Waals surface area contributed by atoms with Crippen LogP contribution in [0.2, 0.25) is 0 Å². The van der Waals surface area contributed by atoms with Crippen LogP contribution in [0.4, 0.5) is 0 Å². The molecular formula is C17H22N2OS. The van der Waals surface area contributed by atoms with Crippen LogP contribution in [0, 0.1) is 11.8 Å². The molecule has 21 heavy (non-hydrogen) atoms. The average molecular weight is 302 g/mol. The molecular weight excluding hydrogens is 280 g/mol. The molecule has 1 aromatic carbocycles. The van der Waals surface area contributed by atoms with E-state index in [0.717, 1.165) is 25.3 Å². The van der Waals surface area contributed by atoms with Crippen LogP contribution in [0.3, 0.4) is 0 Å². The highest BCUT2D eigenvalue weighted by molar-refractivity contribution is 7.98. The van der Waals surface area contributed by atoms with Gasteiger partial charge in [0.15, 0.2) is 0 Å². The van der Waals surface area contributed by atoms with Crippen LogP contribution in [0.15, 0.2) is 29.2 Å². The number of carbonyl (C=O) groups excluding carboxylic acids is 1. The van der Waals surface area contributed by atoms with Crippen molar-refractivity contribution >= 4 is 17.7 Å². The van der Waals surface area contributed by atoms with Crippen molar-refractivity contribution in [1.82, 2.24) is 10.2 Å². The summed E-state index contributed by atoms with van der Waals surface area (Å²) in [7, 11) is 0. The number of nitrogens with one attached hydrogen (secondary N) is 1. The van der Waals surface area contributed by atoms with Crippen LogP contribution >= 0.6 is 11.8 Å². The van der Waals surface area contributed by atoms with E-state index in [2.05, 4.69) is 47.7 Å². The lowest BCUT2D eigenvalue weighted by Gasteiger charge is -2.24. The zero-order valence-electron chi connectivity index (χ0n) is 12.6. The number of thioether (sulfide) groups is 1. The summed E-state index contributed by atoms with van der Waals surface area (Å²) in [5.74, 6) is 1.83. The Morgan fingerprint density at radius 1 is 1.33 bits per heavy atom. The molecule has 0 radical (unpaired) electrons. The molecule has 2 aliphatic carbocycles. The van der Waals surface area contributed by atoms with Gasteiger partial charge in [-0.2, -0.15) is 0 Å². The van der Waals surface area contributed by atoms with Crippen molar-refractivity contribution in [1.29, 1.82) is 0 Å². The van der Waals surface area contributed by atoms with Gasteiger partial charge in [0.2, 0.25) is 5.91 Å². The molecule has 1 heterocycles. The molecule has 4 heteroatoms. The maximum absolute atomic E-state index is 12.7. The quantitative estimate of drug-likeness (QED) is 0.868. The second-order valence-corrected chi connectivity index (χ2v) is 7.71. The third-order valence-corrected chi connectivity index (χ3v) is 6.03. The van der Waals surface area contributed by atoms with E-state index in [1.807, 2.05) is 0 Å². The summed E-state index contributed by atoms with van der Waals surface area (Å²) in [6, 6.07) is 8.65. The number of hydrogen-bond acceptors (Lipinski definition) is 3. The van der Waals surface area contributed by atoms with Gasteiger partial charge in [-0.3, -0.25) is 10.1 Å². The summed E-state index contributed by atoms with van der Waals surface area (Å²) in [6.45, 7) is 3.21. The molecule has 1 N–H and O–H groups in total. The first-order chi connectivity index (χ1) is 10.1. The molecule has 0 aromatic heterocycles. The van der Waals surface area contributed by atoms with Crippen LogP contribution in [0.25, 0.3) is 0 Å². The molecule has 4 rings (SSSR count). The number of amides is 1. The fourth-order valence-electron chi connectivity index (χ4n) is 3.42. The third kappa shape index (κ3) is 2.29. The number of nitrogens with zero attached hydrogens (tertiary/aromatic N) is 1. The topological polar surface area (TPSA) is 32.3 Å². The van der Waals surface area contributed by atoms with Crippen molar-refractivity contribution in [3.05, 3.63) is 29.8 Å². The lowest BCUT2D eigenvalue weighted by molar-refractivity contribution is -0.131. The van der Waals surface area contributed by atoms with Gasteiger partial charge in [0.1, 0.15) is 11.7 Å². The van der Waals surface area contributed by atoms with Gasteiger partial charge in [-0.05, 0) is 55.1 Å². The Balaban J connectivity index is 1.59. The Bertz CT molecular complexity index is 567. The number of hydrogen-bond donors (Lipinski definition) is 1. The molecule has 3 atom stereocenters. The van der Waals surface area contributed by atoms with E-state index < -0.39 is 0 Å². The van der Waals surface area contributed by atoms with Crippen molar-refractivity contribution in [2.24, 2.45) is 11.8 Å². The van der Waals surface area contributed by atoms with E-state index in [1.165, 1.54) is 16.9 Å². The average Bonchev–Trinajstić information content (AvgIpc) is 3.39. The zero-order valence-corrected chi connectivity index (χ0v) is 13.5. The molecule has 1 aromatic rings. The summed E-state index contributed by atoms with van der Waals surface area (Å²) >= 11 is 1.75. The maximum atomic E-state index is 12.7. The van der Waals surface area contributed by atoms with Gasteiger partial charge in [0.25, 0.3) is 0 Å². The molecule has 1 aliphatic heterocycles. The van der Waals surface area contributed by atoms with E-state index in [9.17, 15) is 4.79 Å². The SMILES string of the molecule is CSc1ccc(C2NC3(CC3)C(=O)N2CC2CC2C)cc1. The monoisotopic (exact) mass is 302 g/mol. The van der Waals surface area contributed by atoms with Gasteiger partial charge in [-0.1, -0.05) is 19.1 Å². The van der Waals surface area contributed by atoms with Crippen molar-refractivity contribution in [3.8, 4) is 0 Å². The van der Waals surface area contributed by atoms with Crippen LogP contribution in [0.1, 0.15) is 37.9 Å². The van der Waals surface area contributed by atoms with Crippen LogP contribution < -0.4 is 5.32 Å². The standard InChI is InChI=1S/C17H22N2OS/c1-11-9-13(11)10-19-15(18-17(7-8-17)16(19)20)12-3-5-14(21-2)6-4-12/h3-6,11,13,15,18H,7-10H2,1-2H3. The molecule has 3 nitrogen and oxygen atoms in total. The molecule has 3 unspecified atom stereocenters. The minimum absolute atomic E-state index is 0.0729. The van der Waals surface area contributed by atoms with E-state index in [4.69, 9.17) is 0 Å². The van der Waals surface area contributed by atoms with Gasteiger partial charge in [-0.25, -0.2) is 0 Å². The fourth-order valence-corrected chi connectivity index (χ4v) is 3.83. The predicted molar refractivity (Wildman–Crippen MR) is 85.0 cm³/mol. The molecule has 1 spiro atoms. The van der Waals surface area contributed by atoms with Crippen LogP contribution in [-0.2, 0) is 4.79 Å². The maximum Gasteiger partial charge on any atom is 0.244 e. The van der Waals surface area contributed by atoms with Crippen molar-refractivity contribution in [2.75, 3.05) is 12.8 Å². The lowest BCUT2D eigenvalue weighted by atomic mass is 10.1. The molecule has 3 aliphatic rings. The Morgan fingerprint density at radius 2 is 2.00 bits per heavy atom. The van der Waals surface area contributed by atoms with Gasteiger partial charge in [-0.15, -0.1) is 11.8 Å². The Kier molecular flexibility index (Phi) is 3.09. The highest BCUT2D eigenvalue weighted by Gasteiger charge is 2.60. The Hall–Kier alpha value is -1.00. The molecule has 2 saturated carbocycles. The van der Waals surface area contributed by atoms with Crippen molar-refractivity contribution < 1.29 is 4.79 Å². The first kappa shape index (κ1) is 13.6. The molecule has 1 saturated heterocycles. The van der Waals surface area contributed by atoms with Crippen LogP contribution in [-0.4, -0.2) is 29.1 Å². The number of carbonyl (C=O) groups is 1. The lowest BCUT2D eigenvalue weighted by Crippen LogP contribution is -2.33. The number of rotatable bonds is 4. The van der Waals surface area contributed by atoms with Gasteiger partial charge < -0.3 is 4.90 Å². The molecule has 1 amide bonds. The predicted octanol–water partition coefficient (Wildman–Crippen LogP) is 3.03. The van der Waals surface area contributed by atoms with E-state index in [-0.39, 0.29) is 11.7 Å². The highest BCUT2D eigenvalue weighted by atomic mass is 32.2. The van der Waals surface area contributed by atoms with Crippen LogP contribution in [0.5, 0.6) is 0 Å². The first-order valence-corrected chi connectivity index (χ1v) is 9.08. The molecule has 0 bridgehead atoms. The first-order valence-electron chi connectivity index (χ1n) is 7.86. The van der Waals surface area contributed by atoms with E-state index in [0.29, 0.717) is 11.8 Å². The number of benzene rings is 1. The smallest absolute Gasteiger partial charge is 0.244 e. The summed E-state index contributed by atoms with van der Waals surface area (Å²) in [6.07, 6.45) is 5.44. The third-order valence-electron chi connectivity index (χ3n) is 5.28. The molecule has 3 fully saturated rings. The zero-order chi connectivity index (χ0) is 14.6. The molecule has 112 valence electrons.